The highest BCUT2D eigenvalue weighted by molar-refractivity contribution is 5.91. The molecule has 0 aliphatic rings. The Balaban J connectivity index is 1.86. The van der Waals surface area contributed by atoms with E-state index in [-0.39, 0.29) is 5.91 Å². The first-order valence-corrected chi connectivity index (χ1v) is 9.24. The minimum atomic E-state index is 0.0887. The van der Waals surface area contributed by atoms with Gasteiger partial charge in [-0.3, -0.25) is 4.79 Å². The topological polar surface area (TPSA) is 32.3 Å². The molecule has 0 saturated heterocycles. The number of aryl methyl sites for hydroxylation is 3. The molecule has 3 heteroatoms. The minimum absolute atomic E-state index is 0.0887. The highest BCUT2D eigenvalue weighted by atomic mass is 16.1. The number of benzene rings is 2. The lowest BCUT2D eigenvalue weighted by Crippen LogP contribution is -2.22. The fourth-order valence-corrected chi connectivity index (χ4v) is 2.99. The van der Waals surface area contributed by atoms with E-state index in [0.717, 1.165) is 37.2 Å². The summed E-state index contributed by atoms with van der Waals surface area (Å²) in [5.74, 6) is 0.0887. The fraction of sp³-hybridized carbons (Fsp3) is 0.409. The molecule has 3 nitrogen and oxygen atoms in total. The Hall–Kier alpha value is -2.29. The standard InChI is InChI=1S/C22H30N2O/c1-5-24(6-2)20-14-15-21(18(4)16-20)23-22(25)9-7-8-19-12-10-17(3)11-13-19/h10-16H,5-9H2,1-4H3,(H,23,25). The van der Waals surface area contributed by atoms with E-state index in [0.29, 0.717) is 6.42 Å². The van der Waals surface area contributed by atoms with Gasteiger partial charge in [0.1, 0.15) is 0 Å². The van der Waals surface area contributed by atoms with Crippen LogP contribution in [0.1, 0.15) is 43.4 Å². The first-order valence-electron chi connectivity index (χ1n) is 9.24. The van der Waals surface area contributed by atoms with Crippen molar-refractivity contribution in [3.63, 3.8) is 0 Å². The molecule has 0 radical (unpaired) electrons. The average molecular weight is 338 g/mol. The maximum absolute atomic E-state index is 12.2. The Morgan fingerprint density at radius 3 is 2.28 bits per heavy atom. The van der Waals surface area contributed by atoms with Gasteiger partial charge in [0.05, 0.1) is 0 Å². The lowest BCUT2D eigenvalue weighted by Gasteiger charge is -2.22. The predicted molar refractivity (Wildman–Crippen MR) is 107 cm³/mol. The van der Waals surface area contributed by atoms with E-state index in [1.54, 1.807) is 0 Å². The average Bonchev–Trinajstić information content (AvgIpc) is 2.60. The smallest absolute Gasteiger partial charge is 0.224 e. The molecule has 0 atom stereocenters. The van der Waals surface area contributed by atoms with Gasteiger partial charge in [-0.15, -0.1) is 0 Å². The van der Waals surface area contributed by atoms with Crippen LogP contribution in [0.3, 0.4) is 0 Å². The number of carbonyl (C=O) groups excluding carboxylic acids is 1. The second kappa shape index (κ2) is 9.26. The predicted octanol–water partition coefficient (Wildman–Crippen LogP) is 5.11. The minimum Gasteiger partial charge on any atom is -0.372 e. The summed E-state index contributed by atoms with van der Waals surface area (Å²) in [6.07, 6.45) is 2.35. The van der Waals surface area contributed by atoms with E-state index in [9.17, 15) is 4.79 Å². The third kappa shape index (κ3) is 5.63. The number of amides is 1. The molecule has 0 aliphatic carbocycles. The van der Waals surface area contributed by atoms with Gasteiger partial charge in [0.2, 0.25) is 5.91 Å². The zero-order valence-electron chi connectivity index (χ0n) is 15.9. The molecule has 0 heterocycles. The molecule has 2 aromatic rings. The number of rotatable bonds is 8. The monoisotopic (exact) mass is 338 g/mol. The molecule has 2 rings (SSSR count). The third-order valence-corrected chi connectivity index (χ3v) is 4.60. The van der Waals surface area contributed by atoms with Crippen LogP contribution in [0.25, 0.3) is 0 Å². The van der Waals surface area contributed by atoms with Gasteiger partial charge < -0.3 is 10.2 Å². The summed E-state index contributed by atoms with van der Waals surface area (Å²) < 4.78 is 0. The Morgan fingerprint density at radius 1 is 1.00 bits per heavy atom. The molecule has 1 amide bonds. The summed E-state index contributed by atoms with van der Waals surface area (Å²) in [6.45, 7) is 10.4. The lowest BCUT2D eigenvalue weighted by molar-refractivity contribution is -0.116. The molecule has 0 bridgehead atoms. The maximum atomic E-state index is 12.2. The van der Waals surface area contributed by atoms with Crippen molar-refractivity contribution in [3.05, 3.63) is 59.2 Å². The van der Waals surface area contributed by atoms with Crippen molar-refractivity contribution in [1.82, 2.24) is 0 Å². The third-order valence-electron chi connectivity index (χ3n) is 4.60. The quantitative estimate of drug-likeness (QED) is 0.725. The molecular weight excluding hydrogens is 308 g/mol. The molecule has 0 spiro atoms. The Kier molecular flexibility index (Phi) is 7.05. The number of nitrogens with one attached hydrogen (secondary N) is 1. The van der Waals surface area contributed by atoms with Crippen molar-refractivity contribution in [1.29, 1.82) is 0 Å². The van der Waals surface area contributed by atoms with Crippen LogP contribution >= 0.6 is 0 Å². The van der Waals surface area contributed by atoms with Crippen LogP contribution in [0.2, 0.25) is 0 Å². The molecule has 134 valence electrons. The second-order valence-corrected chi connectivity index (χ2v) is 6.56. The Morgan fingerprint density at radius 2 is 1.68 bits per heavy atom. The van der Waals surface area contributed by atoms with Gasteiger partial charge in [0, 0.05) is 30.9 Å². The second-order valence-electron chi connectivity index (χ2n) is 6.56. The summed E-state index contributed by atoms with van der Waals surface area (Å²) in [6, 6.07) is 14.8. The molecule has 0 saturated carbocycles. The van der Waals surface area contributed by atoms with E-state index >= 15 is 0 Å². The van der Waals surface area contributed by atoms with Crippen molar-refractivity contribution in [2.24, 2.45) is 0 Å². The molecule has 0 fully saturated rings. The number of hydrogen-bond donors (Lipinski definition) is 1. The van der Waals surface area contributed by atoms with Gasteiger partial charge in [-0.2, -0.15) is 0 Å². The maximum Gasteiger partial charge on any atom is 0.224 e. The van der Waals surface area contributed by atoms with Crippen LogP contribution in [0.4, 0.5) is 11.4 Å². The van der Waals surface area contributed by atoms with Crippen LogP contribution < -0.4 is 10.2 Å². The highest BCUT2D eigenvalue weighted by Gasteiger charge is 2.08. The zero-order valence-corrected chi connectivity index (χ0v) is 15.9. The summed E-state index contributed by atoms with van der Waals surface area (Å²) in [4.78, 5) is 14.5. The van der Waals surface area contributed by atoms with Crippen LogP contribution in [0.5, 0.6) is 0 Å². The van der Waals surface area contributed by atoms with Gasteiger partial charge in [-0.1, -0.05) is 29.8 Å². The zero-order chi connectivity index (χ0) is 18.2. The van der Waals surface area contributed by atoms with Crippen LogP contribution in [0.15, 0.2) is 42.5 Å². The van der Waals surface area contributed by atoms with Gasteiger partial charge in [0.15, 0.2) is 0 Å². The largest absolute Gasteiger partial charge is 0.372 e. The molecule has 0 unspecified atom stereocenters. The van der Waals surface area contributed by atoms with Crippen LogP contribution in [0, 0.1) is 13.8 Å². The number of hydrogen-bond acceptors (Lipinski definition) is 2. The first-order chi connectivity index (χ1) is 12.0. The summed E-state index contributed by atoms with van der Waals surface area (Å²) in [5.41, 5.74) is 5.79. The van der Waals surface area contributed by atoms with Crippen molar-refractivity contribution in [2.45, 2.75) is 47.0 Å². The normalized spacial score (nSPS) is 10.6. The number of nitrogens with zero attached hydrogens (tertiary/aromatic N) is 1. The molecule has 2 aromatic carbocycles. The lowest BCUT2D eigenvalue weighted by atomic mass is 10.1. The molecule has 1 N–H and O–H groups in total. The molecule has 25 heavy (non-hydrogen) atoms. The molecule has 0 aromatic heterocycles. The van der Waals surface area contributed by atoms with Gasteiger partial charge in [-0.05, 0) is 69.9 Å². The number of carbonyl (C=O) groups is 1. The van der Waals surface area contributed by atoms with Gasteiger partial charge >= 0.3 is 0 Å². The Labute approximate surface area is 152 Å². The molecule has 0 aliphatic heterocycles. The van der Waals surface area contributed by atoms with Crippen molar-refractivity contribution in [3.8, 4) is 0 Å². The van der Waals surface area contributed by atoms with E-state index < -0.39 is 0 Å². The van der Waals surface area contributed by atoms with E-state index in [2.05, 4.69) is 74.3 Å². The van der Waals surface area contributed by atoms with E-state index in [1.807, 2.05) is 6.07 Å². The summed E-state index contributed by atoms with van der Waals surface area (Å²) in [5, 5.41) is 3.05. The van der Waals surface area contributed by atoms with Crippen LogP contribution in [-0.2, 0) is 11.2 Å². The summed E-state index contributed by atoms with van der Waals surface area (Å²) >= 11 is 0. The van der Waals surface area contributed by atoms with Crippen molar-refractivity contribution >= 4 is 17.3 Å². The Bertz CT molecular complexity index is 688. The van der Waals surface area contributed by atoms with Crippen molar-refractivity contribution in [2.75, 3.05) is 23.3 Å². The molecular formula is C22H30N2O. The SMILES string of the molecule is CCN(CC)c1ccc(NC(=O)CCCc2ccc(C)cc2)c(C)c1. The van der Waals surface area contributed by atoms with E-state index in [1.165, 1.54) is 16.8 Å². The number of anilines is 2. The van der Waals surface area contributed by atoms with Crippen molar-refractivity contribution < 1.29 is 4.79 Å². The van der Waals surface area contributed by atoms with E-state index in [4.69, 9.17) is 0 Å². The summed E-state index contributed by atoms with van der Waals surface area (Å²) in [7, 11) is 0. The highest BCUT2D eigenvalue weighted by Crippen LogP contribution is 2.23. The van der Waals surface area contributed by atoms with Crippen LogP contribution in [-0.4, -0.2) is 19.0 Å². The van der Waals surface area contributed by atoms with Gasteiger partial charge in [0.25, 0.3) is 0 Å². The fourth-order valence-electron chi connectivity index (χ4n) is 2.99. The van der Waals surface area contributed by atoms with Gasteiger partial charge in [-0.25, -0.2) is 0 Å². The first kappa shape index (κ1) is 19.0.